The summed E-state index contributed by atoms with van der Waals surface area (Å²) in [6.45, 7) is -2.61. The summed E-state index contributed by atoms with van der Waals surface area (Å²) in [6.07, 6.45) is 0. The third kappa shape index (κ3) is 5.82. The van der Waals surface area contributed by atoms with E-state index in [9.17, 15) is 22.0 Å². The molecule has 0 atom stereocenters. The number of nitrogens with zero attached hydrogens (tertiary/aromatic N) is 2. The van der Waals surface area contributed by atoms with Gasteiger partial charge in [0.2, 0.25) is 15.9 Å². The van der Waals surface area contributed by atoms with Crippen LogP contribution in [0, 0.1) is 0 Å². The van der Waals surface area contributed by atoms with Crippen LogP contribution in [0.5, 0.6) is 23.0 Å². The molecule has 0 saturated heterocycles. The Balaban J connectivity index is 1.66. The Hall–Kier alpha value is -3.12. The van der Waals surface area contributed by atoms with Crippen molar-refractivity contribution >= 4 is 15.9 Å². The van der Waals surface area contributed by atoms with Gasteiger partial charge in [0.15, 0.2) is 23.0 Å². The molecule has 33 heavy (non-hydrogen) atoms. The third-order valence-electron chi connectivity index (χ3n) is 4.87. The maximum Gasteiger partial charge on any atom is 0.387 e. The molecule has 2 aromatic rings. The van der Waals surface area contributed by atoms with Crippen LogP contribution in [-0.4, -0.2) is 71.1 Å². The lowest BCUT2D eigenvalue weighted by molar-refractivity contribution is -0.130. The van der Waals surface area contributed by atoms with Gasteiger partial charge in [-0.2, -0.15) is 13.1 Å². The molecule has 1 aliphatic heterocycles. The van der Waals surface area contributed by atoms with E-state index in [1.54, 1.807) is 0 Å². The van der Waals surface area contributed by atoms with Crippen molar-refractivity contribution in [3.8, 4) is 23.0 Å². The highest BCUT2D eigenvalue weighted by atomic mass is 32.2. The van der Waals surface area contributed by atoms with E-state index in [0.717, 1.165) is 4.31 Å². The molecule has 0 bridgehead atoms. The predicted octanol–water partition coefficient (Wildman–Crippen LogP) is 2.35. The van der Waals surface area contributed by atoms with E-state index in [0.29, 0.717) is 30.3 Å². The second-order valence-corrected chi connectivity index (χ2v) is 9.22. The molecule has 2 aromatic carbocycles. The van der Waals surface area contributed by atoms with Crippen LogP contribution in [0.4, 0.5) is 8.78 Å². The number of benzene rings is 2. The minimum absolute atomic E-state index is 0.0240. The van der Waals surface area contributed by atoms with Crippen molar-refractivity contribution in [3.63, 3.8) is 0 Å². The first-order valence-corrected chi connectivity index (χ1v) is 11.3. The number of rotatable bonds is 9. The average Bonchev–Trinajstić information content (AvgIpc) is 2.79. The van der Waals surface area contributed by atoms with E-state index in [1.807, 2.05) is 0 Å². The number of alkyl halides is 2. The number of hydrogen-bond donors (Lipinski definition) is 0. The van der Waals surface area contributed by atoms with Gasteiger partial charge in [0.25, 0.3) is 0 Å². The SMILES string of the molecule is COc1cc(CN(C)C(=O)CN(C)S(=O)(=O)c2ccc3c(c2)OCCO3)ccc1OC(F)F. The fraction of sp³-hybridized carbons (Fsp3) is 0.381. The Morgan fingerprint density at radius 1 is 1.06 bits per heavy atom. The first-order chi connectivity index (χ1) is 15.6. The molecule has 0 aliphatic carbocycles. The summed E-state index contributed by atoms with van der Waals surface area (Å²) < 4.78 is 72.0. The normalized spacial score (nSPS) is 13.2. The van der Waals surface area contributed by atoms with Crippen LogP contribution in [-0.2, 0) is 21.4 Å². The van der Waals surface area contributed by atoms with Gasteiger partial charge in [-0.05, 0) is 29.8 Å². The summed E-state index contributed by atoms with van der Waals surface area (Å²) in [5.41, 5.74) is 0.585. The lowest BCUT2D eigenvalue weighted by atomic mass is 10.2. The summed E-state index contributed by atoms with van der Waals surface area (Å²) in [4.78, 5) is 13.9. The monoisotopic (exact) mass is 486 g/mol. The Kier molecular flexibility index (Phi) is 7.59. The van der Waals surface area contributed by atoms with Crippen molar-refractivity contribution in [2.75, 3.05) is 41.0 Å². The first kappa shape index (κ1) is 24.5. The minimum atomic E-state index is -3.96. The van der Waals surface area contributed by atoms with Crippen molar-refractivity contribution in [2.24, 2.45) is 0 Å². The maximum absolute atomic E-state index is 12.9. The van der Waals surface area contributed by atoms with Gasteiger partial charge in [-0.25, -0.2) is 8.42 Å². The molecule has 0 spiro atoms. The Labute approximate surface area is 190 Å². The van der Waals surface area contributed by atoms with Crippen LogP contribution in [0.2, 0.25) is 0 Å². The van der Waals surface area contributed by atoms with E-state index < -0.39 is 29.1 Å². The van der Waals surface area contributed by atoms with Gasteiger partial charge in [-0.15, -0.1) is 0 Å². The molecule has 9 nitrogen and oxygen atoms in total. The van der Waals surface area contributed by atoms with Crippen LogP contribution >= 0.6 is 0 Å². The highest BCUT2D eigenvalue weighted by Gasteiger charge is 2.26. The van der Waals surface area contributed by atoms with E-state index in [4.69, 9.17) is 14.2 Å². The maximum atomic E-state index is 12.9. The van der Waals surface area contributed by atoms with Crippen molar-refractivity contribution < 1.29 is 40.9 Å². The standard InChI is InChI=1S/C21H24F2N2O7S/c1-24(12-14-4-6-17(32-21(22)23)18(10-14)29-3)20(26)13-25(2)33(27,28)15-5-7-16-19(11-15)31-9-8-30-16/h4-7,10-11,21H,8-9,12-13H2,1-3H3. The lowest BCUT2D eigenvalue weighted by Gasteiger charge is -2.23. The van der Waals surface area contributed by atoms with E-state index in [1.165, 1.54) is 62.5 Å². The van der Waals surface area contributed by atoms with Crippen molar-refractivity contribution in [1.82, 2.24) is 9.21 Å². The van der Waals surface area contributed by atoms with E-state index in [-0.39, 0.29) is 22.9 Å². The molecular formula is C21H24F2N2O7S. The molecule has 3 rings (SSSR count). The largest absolute Gasteiger partial charge is 0.493 e. The zero-order chi connectivity index (χ0) is 24.2. The first-order valence-electron chi connectivity index (χ1n) is 9.83. The summed E-state index contributed by atoms with van der Waals surface area (Å²) >= 11 is 0. The quantitative estimate of drug-likeness (QED) is 0.537. The number of fused-ring (bicyclic) bond motifs is 1. The number of carbonyl (C=O) groups is 1. The molecule has 1 aliphatic rings. The van der Waals surface area contributed by atoms with Gasteiger partial charge in [0, 0.05) is 26.7 Å². The summed E-state index contributed by atoms with van der Waals surface area (Å²) in [6, 6.07) is 8.57. The molecule has 0 fully saturated rings. The molecule has 0 radical (unpaired) electrons. The molecule has 1 amide bonds. The lowest BCUT2D eigenvalue weighted by Crippen LogP contribution is -2.39. The molecule has 0 unspecified atom stereocenters. The van der Waals surface area contributed by atoms with Crippen molar-refractivity contribution in [1.29, 1.82) is 0 Å². The molecule has 12 heteroatoms. The van der Waals surface area contributed by atoms with Crippen LogP contribution in [0.25, 0.3) is 0 Å². The number of amides is 1. The van der Waals surface area contributed by atoms with E-state index >= 15 is 0 Å². The number of halogens is 2. The minimum Gasteiger partial charge on any atom is -0.493 e. The van der Waals surface area contributed by atoms with Gasteiger partial charge in [0.05, 0.1) is 18.6 Å². The number of methoxy groups -OCH3 is 1. The van der Waals surface area contributed by atoms with Gasteiger partial charge >= 0.3 is 6.61 Å². The molecular weight excluding hydrogens is 462 g/mol. The van der Waals surface area contributed by atoms with E-state index in [2.05, 4.69) is 4.74 Å². The summed E-state index contributed by atoms with van der Waals surface area (Å²) in [5, 5.41) is 0. The van der Waals surface area contributed by atoms with Crippen LogP contribution < -0.4 is 18.9 Å². The Morgan fingerprint density at radius 3 is 2.42 bits per heavy atom. The zero-order valence-corrected chi connectivity index (χ0v) is 19.1. The van der Waals surface area contributed by atoms with Crippen molar-refractivity contribution in [3.05, 3.63) is 42.0 Å². The molecule has 1 heterocycles. The van der Waals surface area contributed by atoms with Crippen LogP contribution in [0.1, 0.15) is 5.56 Å². The fourth-order valence-corrected chi connectivity index (χ4v) is 4.26. The van der Waals surface area contributed by atoms with Crippen LogP contribution in [0.3, 0.4) is 0 Å². The summed E-state index contributed by atoms with van der Waals surface area (Å²) in [5.74, 6) is 0.277. The topological polar surface area (TPSA) is 94.6 Å². The van der Waals surface area contributed by atoms with Crippen LogP contribution in [0.15, 0.2) is 41.3 Å². The fourth-order valence-electron chi connectivity index (χ4n) is 3.13. The predicted molar refractivity (Wildman–Crippen MR) is 113 cm³/mol. The number of hydrogen-bond acceptors (Lipinski definition) is 7. The van der Waals surface area contributed by atoms with Gasteiger partial charge in [-0.3, -0.25) is 4.79 Å². The number of likely N-dealkylation sites (N-methyl/N-ethyl adjacent to an activating group) is 2. The van der Waals surface area contributed by atoms with Crippen molar-refractivity contribution in [2.45, 2.75) is 18.1 Å². The number of sulfonamides is 1. The molecule has 180 valence electrons. The van der Waals surface area contributed by atoms with Gasteiger partial charge < -0.3 is 23.8 Å². The Bertz CT molecular complexity index is 1110. The average molecular weight is 486 g/mol. The highest BCUT2D eigenvalue weighted by Crippen LogP contribution is 2.33. The molecule has 0 N–H and O–H groups in total. The second kappa shape index (κ2) is 10.2. The highest BCUT2D eigenvalue weighted by molar-refractivity contribution is 7.89. The smallest absolute Gasteiger partial charge is 0.387 e. The number of ether oxygens (including phenoxy) is 4. The number of carbonyl (C=O) groups excluding carboxylic acids is 1. The van der Waals surface area contributed by atoms with Gasteiger partial charge in [0.1, 0.15) is 13.2 Å². The molecule has 0 aromatic heterocycles. The second-order valence-electron chi connectivity index (χ2n) is 7.18. The summed E-state index contributed by atoms with van der Waals surface area (Å²) in [7, 11) is 0.156. The van der Waals surface area contributed by atoms with Gasteiger partial charge in [-0.1, -0.05) is 6.07 Å². The third-order valence-corrected chi connectivity index (χ3v) is 6.67. The molecule has 0 saturated carbocycles. The zero-order valence-electron chi connectivity index (χ0n) is 18.3. The Morgan fingerprint density at radius 2 is 1.76 bits per heavy atom.